The van der Waals surface area contributed by atoms with Gasteiger partial charge in [0, 0.05) is 11.4 Å². The Morgan fingerprint density at radius 3 is 2.39 bits per heavy atom. The molecule has 0 aliphatic heterocycles. The lowest BCUT2D eigenvalue weighted by Crippen LogP contribution is -2.21. The number of hydrogen-bond acceptors (Lipinski definition) is 5. The second-order valence-electron chi connectivity index (χ2n) is 6.03. The molecule has 0 aliphatic carbocycles. The molecule has 4 nitrogen and oxygen atoms in total. The van der Waals surface area contributed by atoms with Gasteiger partial charge < -0.3 is 10.1 Å². The molecule has 1 heterocycles. The Kier molecular flexibility index (Phi) is 6.90. The standard InChI is InChI=1S/C22H21NO3S2/c1-3-26-22(25)17-6-4-15(5-7-17)13-23-21(24)20-12-18(14-28-20)16-8-10-19(27-2)11-9-16/h4-12,14H,3,13H2,1-2H3,(H,23,24). The van der Waals surface area contributed by atoms with Gasteiger partial charge in [0.05, 0.1) is 17.0 Å². The highest BCUT2D eigenvalue weighted by Gasteiger charge is 2.11. The number of benzene rings is 2. The minimum Gasteiger partial charge on any atom is -0.462 e. The van der Waals surface area contributed by atoms with Gasteiger partial charge in [0.15, 0.2) is 0 Å². The van der Waals surface area contributed by atoms with E-state index in [1.807, 2.05) is 29.8 Å². The summed E-state index contributed by atoms with van der Waals surface area (Å²) in [6, 6.07) is 17.3. The van der Waals surface area contributed by atoms with Crippen LogP contribution in [0.5, 0.6) is 0 Å². The van der Waals surface area contributed by atoms with Crippen LogP contribution in [0.4, 0.5) is 0 Å². The van der Waals surface area contributed by atoms with E-state index < -0.39 is 0 Å². The molecule has 0 spiro atoms. The van der Waals surface area contributed by atoms with Gasteiger partial charge in [-0.05, 0) is 65.6 Å². The number of carbonyl (C=O) groups excluding carboxylic acids is 2. The molecule has 6 heteroatoms. The fourth-order valence-electron chi connectivity index (χ4n) is 2.63. The van der Waals surface area contributed by atoms with Gasteiger partial charge in [-0.2, -0.15) is 0 Å². The first-order chi connectivity index (χ1) is 13.6. The van der Waals surface area contributed by atoms with Gasteiger partial charge in [0.1, 0.15) is 0 Å². The third kappa shape index (κ3) is 5.03. The van der Waals surface area contributed by atoms with E-state index >= 15 is 0 Å². The van der Waals surface area contributed by atoms with E-state index in [1.165, 1.54) is 16.2 Å². The Hall–Kier alpha value is -2.57. The van der Waals surface area contributed by atoms with Crippen molar-refractivity contribution in [3.63, 3.8) is 0 Å². The fourth-order valence-corrected chi connectivity index (χ4v) is 3.87. The molecule has 144 valence electrons. The Morgan fingerprint density at radius 1 is 1.04 bits per heavy atom. The number of ether oxygens (including phenoxy) is 1. The largest absolute Gasteiger partial charge is 0.462 e. The van der Waals surface area contributed by atoms with Crippen molar-refractivity contribution in [3.8, 4) is 11.1 Å². The van der Waals surface area contributed by atoms with Crippen LogP contribution < -0.4 is 5.32 Å². The Morgan fingerprint density at radius 2 is 1.75 bits per heavy atom. The SMILES string of the molecule is CCOC(=O)c1ccc(CNC(=O)c2cc(-c3ccc(SC)cc3)cs2)cc1. The summed E-state index contributed by atoms with van der Waals surface area (Å²) in [5.74, 6) is -0.443. The summed E-state index contributed by atoms with van der Waals surface area (Å²) in [4.78, 5) is 26.0. The van der Waals surface area contributed by atoms with Crippen LogP contribution in [0.25, 0.3) is 11.1 Å². The molecule has 0 fully saturated rings. The molecule has 0 aliphatic rings. The van der Waals surface area contributed by atoms with E-state index in [0.29, 0.717) is 23.6 Å². The average molecular weight is 412 g/mol. The van der Waals surface area contributed by atoms with Crippen LogP contribution in [0.15, 0.2) is 64.9 Å². The van der Waals surface area contributed by atoms with E-state index in [0.717, 1.165) is 16.7 Å². The number of rotatable bonds is 7. The molecule has 0 saturated heterocycles. The maximum Gasteiger partial charge on any atom is 0.338 e. The number of hydrogen-bond donors (Lipinski definition) is 1. The van der Waals surface area contributed by atoms with Crippen molar-refractivity contribution in [2.45, 2.75) is 18.4 Å². The zero-order chi connectivity index (χ0) is 19.9. The van der Waals surface area contributed by atoms with Gasteiger partial charge >= 0.3 is 5.97 Å². The predicted octanol–water partition coefficient (Wildman–Crippen LogP) is 5.24. The zero-order valence-corrected chi connectivity index (χ0v) is 17.4. The minimum absolute atomic E-state index is 0.105. The highest BCUT2D eigenvalue weighted by molar-refractivity contribution is 7.98. The lowest BCUT2D eigenvalue weighted by Gasteiger charge is -2.06. The molecular weight excluding hydrogens is 390 g/mol. The summed E-state index contributed by atoms with van der Waals surface area (Å²) in [5, 5.41) is 4.92. The molecule has 1 amide bonds. The normalized spacial score (nSPS) is 10.5. The predicted molar refractivity (Wildman–Crippen MR) is 115 cm³/mol. The van der Waals surface area contributed by atoms with Crippen LogP contribution in [0.3, 0.4) is 0 Å². The molecule has 0 saturated carbocycles. The van der Waals surface area contributed by atoms with Gasteiger partial charge in [-0.3, -0.25) is 4.79 Å². The smallest absolute Gasteiger partial charge is 0.338 e. The monoisotopic (exact) mass is 411 g/mol. The summed E-state index contributed by atoms with van der Waals surface area (Å²) in [7, 11) is 0. The van der Waals surface area contributed by atoms with E-state index in [4.69, 9.17) is 4.74 Å². The van der Waals surface area contributed by atoms with Crippen LogP contribution >= 0.6 is 23.1 Å². The van der Waals surface area contributed by atoms with Crippen molar-refractivity contribution >= 4 is 35.0 Å². The first-order valence-electron chi connectivity index (χ1n) is 8.88. The molecule has 3 rings (SSSR count). The third-order valence-electron chi connectivity index (χ3n) is 4.16. The molecule has 0 bridgehead atoms. The molecule has 2 aromatic carbocycles. The molecule has 0 unspecified atom stereocenters. The Bertz CT molecular complexity index is 947. The summed E-state index contributed by atoms with van der Waals surface area (Å²) < 4.78 is 4.97. The van der Waals surface area contributed by atoms with Crippen molar-refractivity contribution < 1.29 is 14.3 Å². The van der Waals surface area contributed by atoms with Crippen molar-refractivity contribution in [1.29, 1.82) is 0 Å². The minimum atomic E-state index is -0.338. The number of carbonyl (C=O) groups is 2. The van der Waals surface area contributed by atoms with Crippen molar-refractivity contribution in [2.75, 3.05) is 12.9 Å². The van der Waals surface area contributed by atoms with Gasteiger partial charge in [-0.25, -0.2) is 4.79 Å². The number of nitrogens with one attached hydrogen (secondary N) is 1. The first-order valence-corrected chi connectivity index (χ1v) is 11.0. The van der Waals surface area contributed by atoms with E-state index in [9.17, 15) is 9.59 Å². The highest BCUT2D eigenvalue weighted by atomic mass is 32.2. The second kappa shape index (κ2) is 9.57. The van der Waals surface area contributed by atoms with Gasteiger partial charge in [-0.15, -0.1) is 23.1 Å². The quantitative estimate of drug-likeness (QED) is 0.426. The fraction of sp³-hybridized carbons (Fsp3) is 0.182. The van der Waals surface area contributed by atoms with Crippen molar-refractivity contribution in [1.82, 2.24) is 5.32 Å². The van der Waals surface area contributed by atoms with Gasteiger partial charge in [-0.1, -0.05) is 24.3 Å². The van der Waals surface area contributed by atoms with E-state index in [-0.39, 0.29) is 11.9 Å². The summed E-state index contributed by atoms with van der Waals surface area (Å²) in [6.07, 6.45) is 2.05. The molecule has 0 radical (unpaired) electrons. The third-order valence-corrected chi connectivity index (χ3v) is 5.84. The maximum absolute atomic E-state index is 12.4. The summed E-state index contributed by atoms with van der Waals surface area (Å²) in [6.45, 7) is 2.52. The first kappa shape index (κ1) is 20.2. The summed E-state index contributed by atoms with van der Waals surface area (Å²) >= 11 is 3.14. The molecular formula is C22H21NO3S2. The molecule has 0 atom stereocenters. The van der Waals surface area contributed by atoms with Crippen LogP contribution in [-0.2, 0) is 11.3 Å². The maximum atomic E-state index is 12.4. The van der Waals surface area contributed by atoms with Gasteiger partial charge in [0.2, 0.25) is 0 Å². The number of thioether (sulfide) groups is 1. The van der Waals surface area contributed by atoms with E-state index in [2.05, 4.69) is 29.6 Å². The molecule has 3 aromatic rings. The molecule has 1 aromatic heterocycles. The van der Waals surface area contributed by atoms with Crippen LogP contribution in [0, 0.1) is 0 Å². The average Bonchev–Trinajstić information content (AvgIpc) is 3.23. The number of thiophene rings is 1. The lowest BCUT2D eigenvalue weighted by atomic mass is 10.1. The van der Waals surface area contributed by atoms with Crippen molar-refractivity contribution in [3.05, 3.63) is 76.0 Å². The Labute approximate surface area is 172 Å². The van der Waals surface area contributed by atoms with Crippen LogP contribution in [-0.4, -0.2) is 24.7 Å². The molecule has 1 N–H and O–H groups in total. The summed E-state index contributed by atoms with van der Waals surface area (Å²) in [5.41, 5.74) is 3.57. The number of amides is 1. The Balaban J connectivity index is 1.59. The zero-order valence-electron chi connectivity index (χ0n) is 15.7. The van der Waals surface area contributed by atoms with Crippen LogP contribution in [0.1, 0.15) is 32.5 Å². The van der Waals surface area contributed by atoms with Crippen LogP contribution in [0.2, 0.25) is 0 Å². The second-order valence-corrected chi connectivity index (χ2v) is 7.82. The highest BCUT2D eigenvalue weighted by Crippen LogP contribution is 2.27. The molecule has 28 heavy (non-hydrogen) atoms. The number of esters is 1. The lowest BCUT2D eigenvalue weighted by molar-refractivity contribution is 0.0526. The topological polar surface area (TPSA) is 55.4 Å². The van der Waals surface area contributed by atoms with Gasteiger partial charge in [0.25, 0.3) is 5.91 Å². The van der Waals surface area contributed by atoms with Crippen molar-refractivity contribution in [2.24, 2.45) is 0 Å². The van der Waals surface area contributed by atoms with E-state index in [1.54, 1.807) is 30.8 Å².